The first kappa shape index (κ1) is 11.8. The van der Waals surface area contributed by atoms with Crippen molar-refractivity contribution in [2.75, 3.05) is 5.32 Å². The van der Waals surface area contributed by atoms with Gasteiger partial charge in [-0.3, -0.25) is 9.78 Å². The minimum absolute atomic E-state index is 0.0101. The molecule has 2 heterocycles. The number of anilines is 1. The van der Waals surface area contributed by atoms with Gasteiger partial charge in [-0.25, -0.2) is 4.79 Å². The van der Waals surface area contributed by atoms with Crippen LogP contribution < -0.4 is 5.32 Å². The maximum atomic E-state index is 11.7. The van der Waals surface area contributed by atoms with E-state index in [-0.39, 0.29) is 16.9 Å². The molecule has 2 rings (SSSR count). The van der Waals surface area contributed by atoms with Gasteiger partial charge in [0.2, 0.25) is 0 Å². The lowest BCUT2D eigenvalue weighted by molar-refractivity contribution is 0.0696. The number of aryl methyl sites for hydroxylation is 1. The van der Waals surface area contributed by atoms with Gasteiger partial charge in [-0.05, 0) is 13.0 Å². The van der Waals surface area contributed by atoms with E-state index in [9.17, 15) is 9.59 Å². The van der Waals surface area contributed by atoms with Crippen LogP contribution in [-0.2, 0) is 0 Å². The van der Waals surface area contributed by atoms with Crippen molar-refractivity contribution < 1.29 is 19.2 Å². The molecule has 2 N–H and O–H groups in total. The van der Waals surface area contributed by atoms with E-state index in [1.54, 1.807) is 6.92 Å². The zero-order valence-electron chi connectivity index (χ0n) is 9.38. The number of nitrogens with one attached hydrogen (secondary N) is 1. The molecule has 0 fully saturated rings. The van der Waals surface area contributed by atoms with E-state index >= 15 is 0 Å². The molecule has 7 heteroatoms. The van der Waals surface area contributed by atoms with Gasteiger partial charge in [-0.1, -0.05) is 5.16 Å². The number of pyridine rings is 1. The van der Waals surface area contributed by atoms with Crippen LogP contribution in [0.4, 0.5) is 5.69 Å². The highest BCUT2D eigenvalue weighted by Gasteiger charge is 2.12. The zero-order valence-corrected chi connectivity index (χ0v) is 9.38. The molecule has 0 aliphatic rings. The normalized spacial score (nSPS) is 10.1. The number of nitrogens with zero attached hydrogens (tertiary/aromatic N) is 2. The molecule has 0 saturated carbocycles. The molecular weight excluding hydrogens is 238 g/mol. The molecule has 2 aromatic heterocycles. The second-order valence-electron chi connectivity index (χ2n) is 3.54. The Morgan fingerprint density at radius 3 is 2.72 bits per heavy atom. The summed E-state index contributed by atoms with van der Waals surface area (Å²) < 4.78 is 4.76. The number of amides is 1. The minimum atomic E-state index is -1.11. The van der Waals surface area contributed by atoms with Crippen molar-refractivity contribution in [2.24, 2.45) is 0 Å². The van der Waals surface area contributed by atoms with Crippen LogP contribution in [0.5, 0.6) is 0 Å². The Morgan fingerprint density at radius 2 is 2.11 bits per heavy atom. The Morgan fingerprint density at radius 1 is 1.33 bits per heavy atom. The Labute approximate surface area is 101 Å². The topological polar surface area (TPSA) is 105 Å². The third kappa shape index (κ3) is 2.51. The summed E-state index contributed by atoms with van der Waals surface area (Å²) in [6.07, 6.45) is 2.54. The van der Waals surface area contributed by atoms with E-state index in [1.807, 2.05) is 0 Å². The molecule has 0 atom stereocenters. The van der Waals surface area contributed by atoms with Gasteiger partial charge in [0.1, 0.15) is 5.76 Å². The monoisotopic (exact) mass is 247 g/mol. The quantitative estimate of drug-likeness (QED) is 0.847. The van der Waals surface area contributed by atoms with Gasteiger partial charge in [0, 0.05) is 12.3 Å². The number of aromatic nitrogens is 2. The largest absolute Gasteiger partial charge is 0.478 e. The van der Waals surface area contributed by atoms with Gasteiger partial charge >= 0.3 is 5.97 Å². The number of rotatable bonds is 3. The van der Waals surface area contributed by atoms with Crippen molar-refractivity contribution >= 4 is 17.6 Å². The highest BCUT2D eigenvalue weighted by Crippen LogP contribution is 2.10. The second-order valence-corrected chi connectivity index (χ2v) is 3.54. The standard InChI is InChI=1S/C11H9N3O4/c1-6-2-9(14-18-6)10(15)13-8-3-7(11(16)17)4-12-5-8/h2-5H,1H3,(H,13,15)(H,16,17). The highest BCUT2D eigenvalue weighted by atomic mass is 16.5. The van der Waals surface area contributed by atoms with Crippen LogP contribution in [0, 0.1) is 6.92 Å². The summed E-state index contributed by atoms with van der Waals surface area (Å²) in [5, 5.41) is 14.8. The van der Waals surface area contributed by atoms with Crippen molar-refractivity contribution in [3.8, 4) is 0 Å². The molecule has 2 aromatic rings. The average molecular weight is 247 g/mol. The SMILES string of the molecule is Cc1cc(C(=O)Nc2cncc(C(=O)O)c2)no1. The molecule has 0 aromatic carbocycles. The third-order valence-electron chi connectivity index (χ3n) is 2.10. The number of aromatic carboxylic acids is 1. The molecule has 0 radical (unpaired) electrons. The molecule has 92 valence electrons. The van der Waals surface area contributed by atoms with Crippen molar-refractivity contribution in [1.29, 1.82) is 0 Å². The number of carboxylic acid groups (broad SMARTS) is 1. The second kappa shape index (κ2) is 4.66. The van der Waals surface area contributed by atoms with E-state index in [0.29, 0.717) is 5.76 Å². The Hall–Kier alpha value is -2.70. The maximum Gasteiger partial charge on any atom is 0.337 e. The first-order valence-corrected chi connectivity index (χ1v) is 4.99. The van der Waals surface area contributed by atoms with Crippen molar-refractivity contribution in [3.05, 3.63) is 41.5 Å². The molecular formula is C11H9N3O4. The molecule has 1 amide bonds. The Balaban J connectivity index is 2.16. The summed E-state index contributed by atoms with van der Waals surface area (Å²) in [6.45, 7) is 1.66. The highest BCUT2D eigenvalue weighted by molar-refractivity contribution is 6.03. The first-order valence-electron chi connectivity index (χ1n) is 4.99. The Kier molecular flexibility index (Phi) is 3.05. The van der Waals surface area contributed by atoms with Gasteiger partial charge in [0.05, 0.1) is 17.4 Å². The fraction of sp³-hybridized carbons (Fsp3) is 0.0909. The number of carbonyl (C=O) groups is 2. The van der Waals surface area contributed by atoms with Gasteiger partial charge in [0.25, 0.3) is 5.91 Å². The minimum Gasteiger partial charge on any atom is -0.478 e. The zero-order chi connectivity index (χ0) is 13.1. The number of carboxylic acids is 1. The fourth-order valence-corrected chi connectivity index (χ4v) is 1.29. The molecule has 0 saturated heterocycles. The predicted molar refractivity (Wildman–Crippen MR) is 60.4 cm³/mol. The van der Waals surface area contributed by atoms with E-state index in [2.05, 4.69) is 15.5 Å². The van der Waals surface area contributed by atoms with Crippen LogP contribution in [0.3, 0.4) is 0 Å². The van der Waals surface area contributed by atoms with E-state index in [4.69, 9.17) is 9.63 Å². The summed E-state index contributed by atoms with van der Waals surface area (Å²) >= 11 is 0. The van der Waals surface area contributed by atoms with E-state index in [1.165, 1.54) is 24.5 Å². The maximum absolute atomic E-state index is 11.7. The van der Waals surface area contributed by atoms with Crippen molar-refractivity contribution in [2.45, 2.75) is 6.92 Å². The summed E-state index contributed by atoms with van der Waals surface area (Å²) in [7, 11) is 0. The van der Waals surface area contributed by atoms with Gasteiger partial charge < -0.3 is 14.9 Å². The summed E-state index contributed by atoms with van der Waals surface area (Å²) in [6, 6.07) is 2.78. The molecule has 0 aliphatic heterocycles. The van der Waals surface area contributed by atoms with Crippen LogP contribution in [-0.4, -0.2) is 27.1 Å². The predicted octanol–water partition coefficient (Wildman–Crippen LogP) is 1.33. The van der Waals surface area contributed by atoms with E-state index < -0.39 is 11.9 Å². The molecule has 0 bridgehead atoms. The summed E-state index contributed by atoms with van der Waals surface area (Å²) in [5.41, 5.74) is 0.387. The molecule has 0 aliphatic carbocycles. The average Bonchev–Trinajstić information content (AvgIpc) is 2.76. The van der Waals surface area contributed by atoms with Crippen LogP contribution in [0.15, 0.2) is 29.0 Å². The van der Waals surface area contributed by atoms with Gasteiger partial charge in [-0.15, -0.1) is 0 Å². The summed E-state index contributed by atoms with van der Waals surface area (Å²) in [5.74, 6) is -1.09. The van der Waals surface area contributed by atoms with Crippen molar-refractivity contribution in [3.63, 3.8) is 0 Å². The lowest BCUT2D eigenvalue weighted by Crippen LogP contribution is -2.13. The molecule has 0 spiro atoms. The van der Waals surface area contributed by atoms with Crippen LogP contribution in [0.2, 0.25) is 0 Å². The smallest absolute Gasteiger partial charge is 0.337 e. The van der Waals surface area contributed by atoms with E-state index in [0.717, 1.165) is 0 Å². The number of carbonyl (C=O) groups excluding carboxylic acids is 1. The summed E-state index contributed by atoms with van der Waals surface area (Å²) in [4.78, 5) is 26.2. The van der Waals surface area contributed by atoms with Crippen molar-refractivity contribution in [1.82, 2.24) is 10.1 Å². The van der Waals surface area contributed by atoms with Crippen LogP contribution in [0.1, 0.15) is 26.6 Å². The van der Waals surface area contributed by atoms with Gasteiger partial charge in [0.15, 0.2) is 5.69 Å². The lowest BCUT2D eigenvalue weighted by Gasteiger charge is -2.02. The van der Waals surface area contributed by atoms with Crippen LogP contribution in [0.25, 0.3) is 0 Å². The molecule has 7 nitrogen and oxygen atoms in total. The molecule has 0 unspecified atom stereocenters. The number of hydrogen-bond donors (Lipinski definition) is 2. The van der Waals surface area contributed by atoms with Gasteiger partial charge in [-0.2, -0.15) is 0 Å². The van der Waals surface area contributed by atoms with Crippen LogP contribution >= 0.6 is 0 Å². The Bertz CT molecular complexity index is 606. The third-order valence-corrected chi connectivity index (χ3v) is 2.10. The first-order chi connectivity index (χ1) is 8.56. The molecule has 18 heavy (non-hydrogen) atoms. The lowest BCUT2D eigenvalue weighted by atomic mass is 10.2. The fourth-order valence-electron chi connectivity index (χ4n) is 1.29. The number of hydrogen-bond acceptors (Lipinski definition) is 5.